The predicted molar refractivity (Wildman–Crippen MR) is 114 cm³/mol. The van der Waals surface area contributed by atoms with E-state index >= 15 is 0 Å². The number of hydrogen-bond donors (Lipinski definition) is 1. The maximum absolute atomic E-state index is 13.7. The number of rotatable bonds is 6. The van der Waals surface area contributed by atoms with E-state index in [1.54, 1.807) is 28.9 Å². The van der Waals surface area contributed by atoms with Crippen molar-refractivity contribution >= 4 is 31.5 Å². The van der Waals surface area contributed by atoms with Gasteiger partial charge in [0.1, 0.15) is 30.2 Å². The fraction of sp³-hybridized carbons (Fsp3) is 0.227. The van der Waals surface area contributed by atoms with E-state index < -0.39 is 9.84 Å². The van der Waals surface area contributed by atoms with Gasteiger partial charge in [-0.25, -0.2) is 8.42 Å². The number of likely N-dealkylation sites (N-methyl/N-ethyl adjacent to an activating group) is 1. The molecular formula is C22H21N3O4S. The summed E-state index contributed by atoms with van der Waals surface area (Å²) in [5, 5.41) is 9.60. The molecule has 0 atom stereocenters. The number of ether oxygens (including phenoxy) is 2. The van der Waals surface area contributed by atoms with Gasteiger partial charge in [-0.05, 0) is 24.6 Å². The lowest BCUT2D eigenvalue weighted by Crippen LogP contribution is -2.17. The molecule has 7 nitrogen and oxygen atoms in total. The Morgan fingerprint density at radius 1 is 1.13 bits per heavy atom. The average molecular weight is 423 g/mol. The molecule has 2 heterocycles. The monoisotopic (exact) mass is 423 g/mol. The van der Waals surface area contributed by atoms with E-state index in [1.165, 1.54) is 0 Å². The first-order valence-electron chi connectivity index (χ1n) is 9.77. The molecule has 5 rings (SSSR count). The van der Waals surface area contributed by atoms with E-state index in [4.69, 9.17) is 9.47 Å². The lowest BCUT2D eigenvalue weighted by atomic mass is 10.1. The number of nitrogens with one attached hydrogen (secondary N) is 1. The Hall–Kier alpha value is -3.10. The van der Waals surface area contributed by atoms with Gasteiger partial charge in [0, 0.05) is 23.4 Å². The second kappa shape index (κ2) is 7.30. The summed E-state index contributed by atoms with van der Waals surface area (Å²) in [6.45, 7) is 2.06. The van der Waals surface area contributed by atoms with Gasteiger partial charge in [-0.3, -0.25) is 4.68 Å². The molecule has 0 unspecified atom stereocenters. The Morgan fingerprint density at radius 3 is 2.83 bits per heavy atom. The van der Waals surface area contributed by atoms with Crippen LogP contribution >= 0.6 is 0 Å². The lowest BCUT2D eigenvalue weighted by Gasteiger charge is -2.16. The summed E-state index contributed by atoms with van der Waals surface area (Å²) in [7, 11) is -2.02. The van der Waals surface area contributed by atoms with Gasteiger partial charge in [0.25, 0.3) is 0 Å². The van der Waals surface area contributed by atoms with Crippen LogP contribution in [0.3, 0.4) is 0 Å². The zero-order valence-corrected chi connectivity index (χ0v) is 17.3. The fourth-order valence-corrected chi connectivity index (χ4v) is 5.42. The van der Waals surface area contributed by atoms with Crippen molar-refractivity contribution in [3.8, 4) is 11.5 Å². The van der Waals surface area contributed by atoms with Crippen LogP contribution in [0.4, 0.5) is 0 Å². The number of fused-ring (bicyclic) bond motifs is 1. The molecule has 154 valence electrons. The molecule has 1 aromatic heterocycles. The molecule has 0 fully saturated rings. The van der Waals surface area contributed by atoms with Crippen LogP contribution in [0.5, 0.6) is 11.5 Å². The Balaban J connectivity index is 1.72. The van der Waals surface area contributed by atoms with Gasteiger partial charge >= 0.3 is 0 Å². The van der Waals surface area contributed by atoms with Crippen molar-refractivity contribution in [1.29, 1.82) is 0 Å². The van der Waals surface area contributed by atoms with Crippen molar-refractivity contribution in [3.05, 3.63) is 54.6 Å². The van der Waals surface area contributed by atoms with E-state index in [1.807, 2.05) is 37.4 Å². The van der Waals surface area contributed by atoms with Crippen molar-refractivity contribution in [2.75, 3.05) is 26.8 Å². The van der Waals surface area contributed by atoms with E-state index in [0.29, 0.717) is 54.1 Å². The number of benzene rings is 3. The van der Waals surface area contributed by atoms with Crippen LogP contribution in [0.1, 0.15) is 0 Å². The zero-order chi connectivity index (χ0) is 20.7. The maximum Gasteiger partial charge on any atom is 0.226 e. The van der Waals surface area contributed by atoms with Crippen molar-refractivity contribution in [3.63, 3.8) is 0 Å². The van der Waals surface area contributed by atoms with Gasteiger partial charge in [-0.15, -0.1) is 0 Å². The van der Waals surface area contributed by atoms with E-state index in [0.717, 1.165) is 5.39 Å². The first-order chi connectivity index (χ1) is 14.6. The SMILES string of the molecule is CNCCOc1cc2c3c(c1)c(S(=O)(=O)c1cccc4ccccc14)nn3CCO2. The molecule has 3 aromatic carbocycles. The highest BCUT2D eigenvalue weighted by Crippen LogP contribution is 2.39. The third-order valence-corrected chi connectivity index (χ3v) is 6.97. The van der Waals surface area contributed by atoms with Gasteiger partial charge < -0.3 is 14.8 Å². The van der Waals surface area contributed by atoms with Gasteiger partial charge in [0.2, 0.25) is 9.84 Å². The highest BCUT2D eigenvalue weighted by atomic mass is 32.2. The third kappa shape index (κ3) is 3.00. The summed E-state index contributed by atoms with van der Waals surface area (Å²) in [5.41, 5.74) is 0.682. The van der Waals surface area contributed by atoms with Crippen molar-refractivity contribution < 1.29 is 17.9 Å². The standard InChI is InChI=1S/C22H21N3O4S/c1-23-9-11-28-16-13-18-21-19(14-16)29-12-10-25(21)24-22(18)30(26,27)20-8-4-6-15-5-2-3-7-17(15)20/h2-8,13-14,23H,9-12H2,1H3. The third-order valence-electron chi connectivity index (χ3n) is 5.22. The van der Waals surface area contributed by atoms with Crippen LogP contribution in [0.15, 0.2) is 64.5 Å². The summed E-state index contributed by atoms with van der Waals surface area (Å²) >= 11 is 0. The van der Waals surface area contributed by atoms with Crippen LogP contribution in [0.2, 0.25) is 0 Å². The average Bonchev–Trinajstić information content (AvgIpc) is 3.14. The number of hydrogen-bond acceptors (Lipinski definition) is 6. The normalized spacial score (nSPS) is 13.5. The minimum Gasteiger partial charge on any atom is -0.492 e. The summed E-state index contributed by atoms with van der Waals surface area (Å²) < 4.78 is 40.8. The summed E-state index contributed by atoms with van der Waals surface area (Å²) in [4.78, 5) is 0.246. The summed E-state index contributed by atoms with van der Waals surface area (Å²) in [6, 6.07) is 16.3. The molecule has 0 aliphatic carbocycles. The molecule has 30 heavy (non-hydrogen) atoms. The van der Waals surface area contributed by atoms with E-state index in [-0.39, 0.29) is 9.92 Å². The van der Waals surface area contributed by atoms with Crippen molar-refractivity contribution in [2.24, 2.45) is 0 Å². The highest BCUT2D eigenvalue weighted by molar-refractivity contribution is 7.91. The Bertz CT molecular complexity index is 1360. The predicted octanol–water partition coefficient (Wildman–Crippen LogP) is 3.01. The van der Waals surface area contributed by atoms with Crippen molar-refractivity contribution in [1.82, 2.24) is 15.1 Å². The van der Waals surface area contributed by atoms with Crippen molar-refractivity contribution in [2.45, 2.75) is 16.5 Å². The number of aromatic nitrogens is 2. The second-order valence-corrected chi connectivity index (χ2v) is 8.96. The first-order valence-corrected chi connectivity index (χ1v) is 11.3. The molecule has 0 bridgehead atoms. The molecule has 0 saturated heterocycles. The lowest BCUT2D eigenvalue weighted by molar-refractivity contribution is 0.273. The molecule has 8 heteroatoms. The Labute approximate surface area is 174 Å². The largest absolute Gasteiger partial charge is 0.492 e. The molecule has 0 amide bonds. The first kappa shape index (κ1) is 18.9. The molecule has 1 N–H and O–H groups in total. The molecule has 4 aromatic rings. The van der Waals surface area contributed by atoms with E-state index in [2.05, 4.69) is 10.4 Å². The molecular weight excluding hydrogens is 402 g/mol. The summed E-state index contributed by atoms with van der Waals surface area (Å²) in [6.07, 6.45) is 0. The van der Waals surface area contributed by atoms with Crippen LogP contribution in [0, 0.1) is 0 Å². The number of nitrogens with zero attached hydrogens (tertiary/aromatic N) is 2. The zero-order valence-electron chi connectivity index (χ0n) is 16.5. The highest BCUT2D eigenvalue weighted by Gasteiger charge is 2.30. The maximum atomic E-state index is 13.7. The van der Waals surface area contributed by atoms with Gasteiger partial charge in [0.15, 0.2) is 5.03 Å². The smallest absolute Gasteiger partial charge is 0.226 e. The Morgan fingerprint density at radius 2 is 1.97 bits per heavy atom. The molecule has 1 aliphatic rings. The van der Waals surface area contributed by atoms with Crippen LogP contribution in [0.25, 0.3) is 21.7 Å². The second-order valence-electron chi connectivity index (χ2n) is 7.13. The molecule has 0 saturated carbocycles. The minimum absolute atomic E-state index is 0.0275. The quantitative estimate of drug-likeness (QED) is 0.480. The number of sulfone groups is 1. The van der Waals surface area contributed by atoms with Gasteiger partial charge in [-0.2, -0.15) is 5.10 Å². The minimum atomic E-state index is -3.87. The van der Waals surface area contributed by atoms with Crippen LogP contribution in [-0.2, 0) is 16.4 Å². The van der Waals surface area contributed by atoms with Gasteiger partial charge in [-0.1, -0.05) is 36.4 Å². The van der Waals surface area contributed by atoms with Gasteiger partial charge in [0.05, 0.1) is 11.4 Å². The Kier molecular flexibility index (Phi) is 4.60. The topological polar surface area (TPSA) is 82.5 Å². The van der Waals surface area contributed by atoms with Crippen LogP contribution in [-0.4, -0.2) is 45.0 Å². The molecule has 1 aliphatic heterocycles. The van der Waals surface area contributed by atoms with E-state index in [9.17, 15) is 8.42 Å². The van der Waals surface area contributed by atoms with Crippen LogP contribution < -0.4 is 14.8 Å². The fourth-order valence-electron chi connectivity index (χ4n) is 3.83. The molecule has 0 spiro atoms. The summed E-state index contributed by atoms with van der Waals surface area (Å²) in [5.74, 6) is 1.15. The molecule has 0 radical (unpaired) electrons.